The summed E-state index contributed by atoms with van der Waals surface area (Å²) in [6.45, 7) is 6.22. The molecule has 2 unspecified atom stereocenters. The summed E-state index contributed by atoms with van der Waals surface area (Å²) in [6, 6.07) is 0.299. The summed E-state index contributed by atoms with van der Waals surface area (Å²) >= 11 is 6.82. The lowest BCUT2D eigenvalue weighted by Crippen LogP contribution is -2.74. The molecule has 0 aliphatic heterocycles. The van der Waals surface area contributed by atoms with Gasteiger partial charge < -0.3 is 15.9 Å². The van der Waals surface area contributed by atoms with E-state index >= 15 is 0 Å². The molecule has 0 saturated heterocycles. The third-order valence-electron chi connectivity index (χ3n) is 8.74. The number of hydrogen-bond donors (Lipinski definition) is 3. The Bertz CT molecular complexity index is 1250. The first-order valence-corrected chi connectivity index (χ1v) is 13.8. The second-order valence-electron chi connectivity index (χ2n) is 11.2. The van der Waals surface area contributed by atoms with Gasteiger partial charge in [-0.25, -0.2) is 0 Å². The van der Waals surface area contributed by atoms with Gasteiger partial charge >= 0.3 is 0 Å². The van der Waals surface area contributed by atoms with Crippen molar-refractivity contribution in [3.8, 4) is 5.75 Å². The van der Waals surface area contributed by atoms with Crippen LogP contribution in [0.3, 0.4) is 0 Å². The Balaban J connectivity index is 1.78. The number of nitrogens with two attached hydrogens (primary N) is 1. The predicted molar refractivity (Wildman–Crippen MR) is 142 cm³/mol. The van der Waals surface area contributed by atoms with Crippen LogP contribution in [0.4, 0.5) is 0 Å². The number of rotatable bonds is 8. The van der Waals surface area contributed by atoms with E-state index in [9.17, 15) is 34.2 Å². The summed E-state index contributed by atoms with van der Waals surface area (Å²) < 4.78 is 0. The number of unbranched alkanes of at least 4 members (excludes halogenated alkanes) is 1. The van der Waals surface area contributed by atoms with Gasteiger partial charge in [-0.1, -0.05) is 31.9 Å². The number of phenolic OH excluding ortho intramolecular Hbond substituents is 1. The maximum absolute atomic E-state index is 13.8. The van der Waals surface area contributed by atoms with Crippen LogP contribution < -0.4 is 5.73 Å². The van der Waals surface area contributed by atoms with Crippen molar-refractivity contribution in [3.63, 3.8) is 0 Å². The van der Waals surface area contributed by atoms with E-state index < -0.39 is 64.4 Å². The van der Waals surface area contributed by atoms with Gasteiger partial charge in [0.15, 0.2) is 34.7 Å². The average molecular weight is 562 g/mol. The number of aromatic hydroxyl groups is 1. The largest absolute Gasteiger partial charge is 0.507 e. The topological polar surface area (TPSA) is 158 Å². The first-order chi connectivity index (χ1) is 18.3. The number of nitrogens with zero attached hydrogens (tertiary/aromatic N) is 2. The lowest BCUT2D eigenvalue weighted by molar-refractivity contribution is -0.181. The highest BCUT2D eigenvalue weighted by molar-refractivity contribution is 6.34. The zero-order chi connectivity index (χ0) is 29.0. The number of benzene rings is 1. The molecule has 39 heavy (non-hydrogen) atoms. The monoisotopic (exact) mass is 561 g/mol. The van der Waals surface area contributed by atoms with Crippen molar-refractivity contribution in [2.75, 3.05) is 27.2 Å². The Morgan fingerprint density at radius 2 is 1.85 bits per heavy atom. The Hall–Kier alpha value is -2.66. The van der Waals surface area contributed by atoms with Crippen LogP contribution in [0.2, 0.25) is 5.02 Å². The van der Waals surface area contributed by atoms with Gasteiger partial charge in [0.25, 0.3) is 0 Å². The SMILES string of the molecule is CCCCN(CC)Cc1cc(O)c2c(c1Cl)C[C@H]1C[C@H]3[C@H](N(C)C)C(=O)C(C(N)=O)C(=O)[C@@]3(O)C(=O)C1C2=O. The molecular weight excluding hydrogens is 526 g/mol. The molecular formula is C28H36ClN3O7. The van der Waals surface area contributed by atoms with Crippen LogP contribution in [0.1, 0.15) is 54.6 Å². The summed E-state index contributed by atoms with van der Waals surface area (Å²) in [5.41, 5.74) is 3.60. The van der Waals surface area contributed by atoms with Crippen LogP contribution in [-0.2, 0) is 32.1 Å². The van der Waals surface area contributed by atoms with Gasteiger partial charge in [-0.15, -0.1) is 0 Å². The zero-order valence-electron chi connectivity index (χ0n) is 22.7. The van der Waals surface area contributed by atoms with Crippen molar-refractivity contribution in [1.29, 1.82) is 0 Å². The Kier molecular flexibility index (Phi) is 8.06. The van der Waals surface area contributed by atoms with Crippen molar-refractivity contribution in [3.05, 3.63) is 27.8 Å². The highest BCUT2D eigenvalue weighted by Crippen LogP contribution is 2.51. The molecule has 0 radical (unpaired) electrons. The van der Waals surface area contributed by atoms with Gasteiger partial charge in [0.1, 0.15) is 5.75 Å². The third kappa shape index (κ3) is 4.51. The lowest BCUT2D eigenvalue weighted by Gasteiger charge is -2.52. The highest BCUT2D eigenvalue weighted by Gasteiger charge is 2.69. The van der Waals surface area contributed by atoms with Gasteiger partial charge in [0, 0.05) is 17.5 Å². The molecule has 0 bridgehead atoms. The minimum Gasteiger partial charge on any atom is -0.507 e. The smallest absolute Gasteiger partial charge is 0.235 e. The molecule has 1 amide bonds. The standard InChI is InChI=1S/C28H36ClN3O7/c1-5-7-8-32(6-2)12-14-11-17(33)19-15(21(14)29)9-13-10-16-22(31(3)4)24(35)20(27(30)38)26(37)28(16,39)25(36)18(13)23(19)34/h11,13,16,18,20,22,33,39H,5-10,12H2,1-4H3,(H2,30,38)/t13-,16-,18?,20?,22-,28-/m0/s1. The van der Waals surface area contributed by atoms with Crippen LogP contribution in [0.5, 0.6) is 5.75 Å². The minimum absolute atomic E-state index is 0.0111. The summed E-state index contributed by atoms with van der Waals surface area (Å²) in [4.78, 5) is 69.8. The van der Waals surface area contributed by atoms with Crippen molar-refractivity contribution >= 4 is 40.6 Å². The lowest BCUT2D eigenvalue weighted by atomic mass is 9.52. The maximum Gasteiger partial charge on any atom is 0.235 e. The van der Waals surface area contributed by atoms with E-state index in [1.807, 2.05) is 6.92 Å². The average Bonchev–Trinajstić information content (AvgIpc) is 2.86. The quantitative estimate of drug-likeness (QED) is 0.396. The molecule has 0 spiro atoms. The molecule has 4 rings (SSSR count). The molecule has 212 valence electrons. The zero-order valence-corrected chi connectivity index (χ0v) is 23.5. The number of carbonyl (C=O) groups is 5. The number of carbonyl (C=O) groups excluding carboxylic acids is 5. The molecule has 2 fully saturated rings. The third-order valence-corrected chi connectivity index (χ3v) is 9.21. The van der Waals surface area contributed by atoms with Gasteiger partial charge in [0.05, 0.1) is 17.5 Å². The minimum atomic E-state index is -2.74. The fraction of sp³-hybridized carbons (Fsp3) is 0.607. The first-order valence-electron chi connectivity index (χ1n) is 13.4. The molecule has 2 saturated carbocycles. The van der Waals surface area contributed by atoms with Crippen LogP contribution in [-0.4, -0.2) is 87.9 Å². The van der Waals surface area contributed by atoms with Crippen LogP contribution >= 0.6 is 11.6 Å². The summed E-state index contributed by atoms with van der Waals surface area (Å²) in [6.07, 6.45) is 2.16. The van der Waals surface area contributed by atoms with Gasteiger partial charge in [-0.2, -0.15) is 0 Å². The van der Waals surface area contributed by atoms with Gasteiger partial charge in [-0.3, -0.25) is 33.8 Å². The molecule has 1 aromatic carbocycles. The van der Waals surface area contributed by atoms with E-state index in [2.05, 4.69) is 11.8 Å². The molecule has 11 heteroatoms. The van der Waals surface area contributed by atoms with E-state index in [1.54, 1.807) is 14.1 Å². The Morgan fingerprint density at radius 3 is 2.41 bits per heavy atom. The van der Waals surface area contributed by atoms with Gasteiger partial charge in [-0.05, 0) is 69.6 Å². The van der Waals surface area contributed by atoms with Crippen LogP contribution in [0.15, 0.2) is 6.07 Å². The van der Waals surface area contributed by atoms with Gasteiger partial charge in [0.2, 0.25) is 5.91 Å². The molecule has 0 aromatic heterocycles. The molecule has 6 atom stereocenters. The molecule has 3 aliphatic carbocycles. The van der Waals surface area contributed by atoms with Crippen molar-refractivity contribution < 1.29 is 34.2 Å². The van der Waals surface area contributed by atoms with E-state index in [0.717, 1.165) is 25.9 Å². The molecule has 10 nitrogen and oxygen atoms in total. The van der Waals surface area contributed by atoms with Crippen LogP contribution in [0, 0.1) is 23.7 Å². The summed E-state index contributed by atoms with van der Waals surface area (Å²) in [7, 11) is 3.10. The number of ketones is 4. The first kappa shape index (κ1) is 29.3. The number of fused-ring (bicyclic) bond motifs is 3. The van der Waals surface area contributed by atoms with E-state index in [0.29, 0.717) is 22.7 Å². The van der Waals surface area contributed by atoms with E-state index in [-0.39, 0.29) is 24.2 Å². The number of Topliss-reactive ketones (excluding diaryl/α,β-unsaturated/α-hetero) is 4. The molecule has 3 aliphatic rings. The maximum atomic E-state index is 13.8. The normalized spacial score (nSPS) is 30.4. The molecule has 0 heterocycles. The van der Waals surface area contributed by atoms with E-state index in [4.69, 9.17) is 17.3 Å². The predicted octanol–water partition coefficient (Wildman–Crippen LogP) is 1.14. The second-order valence-corrected chi connectivity index (χ2v) is 11.6. The summed E-state index contributed by atoms with van der Waals surface area (Å²) in [5, 5.41) is 22.9. The van der Waals surface area contributed by atoms with Crippen molar-refractivity contribution in [2.24, 2.45) is 29.4 Å². The number of phenols is 1. The van der Waals surface area contributed by atoms with Crippen molar-refractivity contribution in [1.82, 2.24) is 9.80 Å². The number of likely N-dealkylation sites (N-methyl/N-ethyl adjacent to an activating group) is 1. The fourth-order valence-electron chi connectivity index (χ4n) is 6.79. The number of halogens is 1. The second kappa shape index (κ2) is 10.7. The number of hydrogen-bond acceptors (Lipinski definition) is 9. The van der Waals surface area contributed by atoms with E-state index in [1.165, 1.54) is 11.0 Å². The Labute approximate surface area is 232 Å². The number of amides is 1. The molecule has 4 N–H and O–H groups in total. The number of primary amides is 1. The highest BCUT2D eigenvalue weighted by atomic mass is 35.5. The summed E-state index contributed by atoms with van der Waals surface area (Å²) in [5.74, 6) is -10.7. The Morgan fingerprint density at radius 1 is 1.18 bits per heavy atom. The van der Waals surface area contributed by atoms with Crippen LogP contribution in [0.25, 0.3) is 0 Å². The van der Waals surface area contributed by atoms with Crippen molar-refractivity contribution in [2.45, 2.75) is 57.7 Å². The molecule has 1 aromatic rings. The fourth-order valence-corrected chi connectivity index (χ4v) is 7.08. The number of aliphatic hydroxyl groups is 1.